The summed E-state index contributed by atoms with van der Waals surface area (Å²) in [7, 11) is 1.64. The van der Waals surface area contributed by atoms with Crippen molar-refractivity contribution >= 4 is 0 Å². The van der Waals surface area contributed by atoms with E-state index in [9.17, 15) is 5.11 Å². The summed E-state index contributed by atoms with van der Waals surface area (Å²) in [6.45, 7) is 7.31. The summed E-state index contributed by atoms with van der Waals surface area (Å²) >= 11 is 0. The zero-order valence-electron chi connectivity index (χ0n) is 12.9. The van der Waals surface area contributed by atoms with Gasteiger partial charge in [-0.1, -0.05) is 12.1 Å². The SMILES string of the molecule is COc1ccc(C(O)CNC(C)CN2CCOCC2)cc1. The molecule has 2 unspecified atom stereocenters. The number of ether oxygens (including phenoxy) is 2. The number of hydrogen-bond acceptors (Lipinski definition) is 5. The maximum absolute atomic E-state index is 10.2. The van der Waals surface area contributed by atoms with Crippen LogP contribution in [0.15, 0.2) is 24.3 Å². The van der Waals surface area contributed by atoms with E-state index in [1.165, 1.54) is 0 Å². The van der Waals surface area contributed by atoms with E-state index >= 15 is 0 Å². The van der Waals surface area contributed by atoms with Crippen molar-refractivity contribution in [3.63, 3.8) is 0 Å². The molecule has 5 heteroatoms. The predicted molar refractivity (Wildman–Crippen MR) is 82.7 cm³/mol. The highest BCUT2D eigenvalue weighted by molar-refractivity contribution is 5.28. The molecule has 0 bridgehead atoms. The normalized spacial score (nSPS) is 19.2. The quantitative estimate of drug-likeness (QED) is 0.787. The Balaban J connectivity index is 1.72. The van der Waals surface area contributed by atoms with Crippen LogP contribution in [0.1, 0.15) is 18.6 Å². The molecule has 0 aliphatic carbocycles. The molecule has 2 N–H and O–H groups in total. The topological polar surface area (TPSA) is 54.0 Å². The standard InChI is InChI=1S/C16H26N2O3/c1-13(12-18-7-9-21-10-8-18)17-11-16(19)14-3-5-15(20-2)6-4-14/h3-6,13,16-17,19H,7-12H2,1-2H3. The maximum atomic E-state index is 10.2. The van der Waals surface area contributed by atoms with Gasteiger partial charge in [0.1, 0.15) is 5.75 Å². The lowest BCUT2D eigenvalue weighted by molar-refractivity contribution is 0.0336. The smallest absolute Gasteiger partial charge is 0.118 e. The minimum atomic E-state index is -0.497. The van der Waals surface area contributed by atoms with Gasteiger partial charge in [0.25, 0.3) is 0 Å². The molecule has 1 aliphatic rings. The Bertz CT molecular complexity index is 404. The first-order valence-electron chi connectivity index (χ1n) is 7.54. The monoisotopic (exact) mass is 294 g/mol. The van der Waals surface area contributed by atoms with Crippen LogP contribution in [0.25, 0.3) is 0 Å². The zero-order chi connectivity index (χ0) is 15.1. The number of nitrogens with zero attached hydrogens (tertiary/aromatic N) is 1. The predicted octanol–water partition coefficient (Wildman–Crippen LogP) is 1.04. The molecule has 1 aromatic rings. The van der Waals surface area contributed by atoms with Crippen LogP contribution in [-0.4, -0.2) is 62.6 Å². The highest BCUT2D eigenvalue weighted by atomic mass is 16.5. The second-order valence-electron chi connectivity index (χ2n) is 5.51. The number of aliphatic hydroxyl groups is 1. The first kappa shape index (κ1) is 16.2. The van der Waals surface area contributed by atoms with Crippen molar-refractivity contribution in [2.75, 3.05) is 46.5 Å². The van der Waals surface area contributed by atoms with Crippen LogP contribution >= 0.6 is 0 Å². The maximum Gasteiger partial charge on any atom is 0.118 e. The molecule has 1 aromatic carbocycles. The van der Waals surface area contributed by atoms with E-state index in [4.69, 9.17) is 9.47 Å². The minimum absolute atomic E-state index is 0.344. The molecule has 0 aromatic heterocycles. The molecule has 5 nitrogen and oxygen atoms in total. The molecule has 2 atom stereocenters. The van der Waals surface area contributed by atoms with Crippen LogP contribution in [0.2, 0.25) is 0 Å². The fraction of sp³-hybridized carbons (Fsp3) is 0.625. The van der Waals surface area contributed by atoms with Gasteiger partial charge in [0, 0.05) is 32.2 Å². The highest BCUT2D eigenvalue weighted by Crippen LogP contribution is 2.17. The van der Waals surface area contributed by atoms with Crippen LogP contribution in [0.5, 0.6) is 5.75 Å². The molecule has 1 fully saturated rings. The minimum Gasteiger partial charge on any atom is -0.497 e. The van der Waals surface area contributed by atoms with Crippen molar-refractivity contribution in [2.24, 2.45) is 0 Å². The van der Waals surface area contributed by atoms with Gasteiger partial charge in [-0.05, 0) is 24.6 Å². The summed E-state index contributed by atoms with van der Waals surface area (Å²) in [6.07, 6.45) is -0.497. The zero-order valence-corrected chi connectivity index (χ0v) is 12.9. The number of rotatable bonds is 7. The van der Waals surface area contributed by atoms with Gasteiger partial charge in [-0.15, -0.1) is 0 Å². The van der Waals surface area contributed by atoms with Gasteiger partial charge in [0.2, 0.25) is 0 Å². The Morgan fingerprint density at radius 1 is 1.29 bits per heavy atom. The van der Waals surface area contributed by atoms with Gasteiger partial charge in [0.15, 0.2) is 0 Å². The Labute approximate surface area is 126 Å². The van der Waals surface area contributed by atoms with Crippen LogP contribution in [0, 0.1) is 0 Å². The molecule has 0 radical (unpaired) electrons. The number of methoxy groups -OCH3 is 1. The summed E-state index contributed by atoms with van der Waals surface area (Å²) in [6, 6.07) is 7.89. The van der Waals surface area contributed by atoms with Crippen molar-refractivity contribution in [2.45, 2.75) is 19.1 Å². The summed E-state index contributed by atoms with van der Waals surface area (Å²) in [5.74, 6) is 0.805. The van der Waals surface area contributed by atoms with Crippen molar-refractivity contribution in [1.29, 1.82) is 0 Å². The second kappa shape index (κ2) is 8.34. The van der Waals surface area contributed by atoms with Gasteiger partial charge in [-0.2, -0.15) is 0 Å². The first-order chi connectivity index (χ1) is 10.2. The third-order valence-corrected chi connectivity index (χ3v) is 3.80. The third-order valence-electron chi connectivity index (χ3n) is 3.80. The van der Waals surface area contributed by atoms with Crippen molar-refractivity contribution in [3.05, 3.63) is 29.8 Å². The van der Waals surface area contributed by atoms with Crippen molar-refractivity contribution < 1.29 is 14.6 Å². The second-order valence-corrected chi connectivity index (χ2v) is 5.51. The lowest BCUT2D eigenvalue weighted by Crippen LogP contribution is -2.45. The van der Waals surface area contributed by atoms with Gasteiger partial charge < -0.3 is 19.9 Å². The Morgan fingerprint density at radius 2 is 1.95 bits per heavy atom. The van der Waals surface area contributed by atoms with Crippen LogP contribution in [-0.2, 0) is 4.74 Å². The number of benzene rings is 1. The molecule has 1 aliphatic heterocycles. The highest BCUT2D eigenvalue weighted by Gasteiger charge is 2.15. The molecule has 0 saturated carbocycles. The molecule has 21 heavy (non-hydrogen) atoms. The van der Waals surface area contributed by atoms with E-state index < -0.39 is 6.10 Å². The summed E-state index contributed by atoms with van der Waals surface area (Å²) in [5, 5.41) is 13.6. The van der Waals surface area contributed by atoms with Crippen LogP contribution in [0.4, 0.5) is 0 Å². The van der Waals surface area contributed by atoms with E-state index in [1.54, 1.807) is 7.11 Å². The fourth-order valence-electron chi connectivity index (χ4n) is 2.49. The van der Waals surface area contributed by atoms with Gasteiger partial charge in [0.05, 0.1) is 26.4 Å². The average Bonchev–Trinajstić information content (AvgIpc) is 2.53. The lowest BCUT2D eigenvalue weighted by atomic mass is 10.1. The van der Waals surface area contributed by atoms with E-state index in [0.717, 1.165) is 44.2 Å². The average molecular weight is 294 g/mol. The number of nitrogens with one attached hydrogen (secondary N) is 1. The number of hydrogen-bond donors (Lipinski definition) is 2. The largest absolute Gasteiger partial charge is 0.497 e. The summed E-state index contributed by atoms with van der Waals surface area (Å²) in [5.41, 5.74) is 0.905. The van der Waals surface area contributed by atoms with Gasteiger partial charge in [-0.3, -0.25) is 4.90 Å². The summed E-state index contributed by atoms with van der Waals surface area (Å²) < 4.78 is 10.5. The molecule has 1 saturated heterocycles. The Kier molecular flexibility index (Phi) is 6.45. The molecule has 1 heterocycles. The molecular formula is C16H26N2O3. The fourth-order valence-corrected chi connectivity index (χ4v) is 2.49. The van der Waals surface area contributed by atoms with Crippen LogP contribution in [0.3, 0.4) is 0 Å². The third kappa shape index (κ3) is 5.28. The van der Waals surface area contributed by atoms with Crippen molar-refractivity contribution in [1.82, 2.24) is 10.2 Å². The Morgan fingerprint density at radius 3 is 2.57 bits per heavy atom. The van der Waals surface area contributed by atoms with Gasteiger partial charge in [-0.25, -0.2) is 0 Å². The molecule has 118 valence electrons. The molecule has 2 rings (SSSR count). The first-order valence-corrected chi connectivity index (χ1v) is 7.54. The van der Waals surface area contributed by atoms with E-state index in [-0.39, 0.29) is 0 Å². The van der Waals surface area contributed by atoms with Crippen molar-refractivity contribution in [3.8, 4) is 5.75 Å². The number of morpholine rings is 1. The molecule has 0 amide bonds. The Hall–Kier alpha value is -1.14. The molecular weight excluding hydrogens is 268 g/mol. The molecule has 0 spiro atoms. The van der Waals surface area contributed by atoms with E-state index in [2.05, 4.69) is 17.1 Å². The van der Waals surface area contributed by atoms with E-state index in [0.29, 0.717) is 12.6 Å². The number of aliphatic hydroxyl groups excluding tert-OH is 1. The summed E-state index contributed by atoms with van der Waals surface area (Å²) in [4.78, 5) is 2.39. The van der Waals surface area contributed by atoms with Gasteiger partial charge >= 0.3 is 0 Å². The lowest BCUT2D eigenvalue weighted by Gasteiger charge is -2.29. The van der Waals surface area contributed by atoms with Crippen LogP contribution < -0.4 is 10.1 Å². The van der Waals surface area contributed by atoms with E-state index in [1.807, 2.05) is 24.3 Å².